The number of hydrogen-bond donors (Lipinski definition) is 1. The maximum Gasteiger partial charge on any atom is 0.261 e. The number of thiocarbonyl (C=S) groups is 1. The zero-order chi connectivity index (χ0) is 9.19. The molecule has 1 aliphatic rings. The first kappa shape index (κ1) is 9.80. The van der Waals surface area contributed by atoms with Gasteiger partial charge in [0.15, 0.2) is 0 Å². The smallest absolute Gasteiger partial charge is 0.261 e. The summed E-state index contributed by atoms with van der Waals surface area (Å²) in [6.07, 6.45) is 0.496. The van der Waals surface area contributed by atoms with Gasteiger partial charge in [-0.05, 0) is 0 Å². The molecule has 0 amide bonds. The molecule has 0 radical (unpaired) electrons. The third-order valence-electron chi connectivity index (χ3n) is 1.92. The number of alkyl halides is 2. The standard InChI is InChI=1S/C7H12F2N2S/c8-7(9)2-4-11(5-7)3-1-6(10)12/h1-5H2,(H2,10,12). The summed E-state index contributed by atoms with van der Waals surface area (Å²) in [7, 11) is 0. The molecular weight excluding hydrogens is 182 g/mol. The molecule has 12 heavy (non-hydrogen) atoms. The Bertz CT molecular complexity index is 184. The molecule has 1 fully saturated rings. The van der Waals surface area contributed by atoms with Gasteiger partial charge in [0.2, 0.25) is 0 Å². The molecule has 0 saturated carbocycles. The molecule has 0 bridgehead atoms. The van der Waals surface area contributed by atoms with Crippen molar-refractivity contribution in [2.45, 2.75) is 18.8 Å². The van der Waals surface area contributed by atoms with Crippen LogP contribution in [0.15, 0.2) is 0 Å². The normalized spacial score (nSPS) is 22.8. The van der Waals surface area contributed by atoms with Crippen molar-refractivity contribution in [1.82, 2.24) is 4.90 Å². The molecule has 0 spiro atoms. The Morgan fingerprint density at radius 3 is 2.67 bits per heavy atom. The quantitative estimate of drug-likeness (QED) is 0.680. The van der Waals surface area contributed by atoms with Crippen molar-refractivity contribution in [1.29, 1.82) is 0 Å². The lowest BCUT2D eigenvalue weighted by atomic mass is 10.3. The predicted octanol–water partition coefficient (Wildman–Crippen LogP) is 1.00. The molecule has 1 rings (SSSR count). The molecule has 0 aromatic carbocycles. The summed E-state index contributed by atoms with van der Waals surface area (Å²) >= 11 is 4.65. The molecule has 70 valence electrons. The lowest BCUT2D eigenvalue weighted by Gasteiger charge is -2.14. The Kier molecular flexibility index (Phi) is 2.95. The highest BCUT2D eigenvalue weighted by molar-refractivity contribution is 7.80. The summed E-state index contributed by atoms with van der Waals surface area (Å²) in [5.41, 5.74) is 5.26. The lowest BCUT2D eigenvalue weighted by molar-refractivity contribution is 0.0125. The number of likely N-dealkylation sites (tertiary alicyclic amines) is 1. The van der Waals surface area contributed by atoms with Gasteiger partial charge in [0.05, 0.1) is 11.5 Å². The summed E-state index contributed by atoms with van der Waals surface area (Å²) in [6, 6.07) is 0. The molecule has 2 N–H and O–H groups in total. The minimum atomic E-state index is -2.50. The van der Waals surface area contributed by atoms with Crippen molar-refractivity contribution in [2.75, 3.05) is 19.6 Å². The van der Waals surface area contributed by atoms with Crippen LogP contribution in [-0.2, 0) is 0 Å². The molecule has 2 nitrogen and oxygen atoms in total. The predicted molar refractivity (Wildman–Crippen MR) is 47.4 cm³/mol. The average Bonchev–Trinajstić information content (AvgIpc) is 2.26. The van der Waals surface area contributed by atoms with Gasteiger partial charge in [-0.1, -0.05) is 12.2 Å². The first-order valence-corrected chi connectivity index (χ1v) is 4.29. The summed E-state index contributed by atoms with van der Waals surface area (Å²) < 4.78 is 25.2. The van der Waals surface area contributed by atoms with Crippen LogP contribution in [-0.4, -0.2) is 35.4 Å². The summed E-state index contributed by atoms with van der Waals surface area (Å²) in [4.78, 5) is 2.09. The van der Waals surface area contributed by atoms with Crippen LogP contribution in [0.3, 0.4) is 0 Å². The van der Waals surface area contributed by atoms with Gasteiger partial charge in [0.1, 0.15) is 0 Å². The largest absolute Gasteiger partial charge is 0.393 e. The molecule has 5 heteroatoms. The van der Waals surface area contributed by atoms with Crippen LogP contribution in [0.25, 0.3) is 0 Å². The molecule has 1 saturated heterocycles. The highest BCUT2D eigenvalue weighted by Gasteiger charge is 2.37. The molecule has 1 heterocycles. The molecule has 0 aromatic heterocycles. The fraction of sp³-hybridized carbons (Fsp3) is 0.857. The van der Waals surface area contributed by atoms with Crippen LogP contribution in [0.1, 0.15) is 12.8 Å². The number of halogens is 2. The van der Waals surface area contributed by atoms with E-state index in [1.165, 1.54) is 0 Å². The van der Waals surface area contributed by atoms with Crippen LogP contribution in [0.5, 0.6) is 0 Å². The summed E-state index contributed by atoms with van der Waals surface area (Å²) in [6.45, 7) is 0.871. The van der Waals surface area contributed by atoms with Crippen LogP contribution in [0.4, 0.5) is 8.78 Å². The molecule has 0 aliphatic carbocycles. The van der Waals surface area contributed by atoms with Gasteiger partial charge in [0.25, 0.3) is 5.92 Å². The van der Waals surface area contributed by atoms with Gasteiger partial charge in [-0.25, -0.2) is 8.78 Å². The Morgan fingerprint density at radius 2 is 2.25 bits per heavy atom. The molecule has 0 unspecified atom stereocenters. The highest BCUT2D eigenvalue weighted by atomic mass is 32.1. The minimum Gasteiger partial charge on any atom is -0.393 e. The van der Waals surface area contributed by atoms with Gasteiger partial charge in [-0.15, -0.1) is 0 Å². The molecular formula is C7H12F2N2S. The maximum absolute atomic E-state index is 12.6. The minimum absolute atomic E-state index is 0.0374. The van der Waals surface area contributed by atoms with Crippen LogP contribution >= 0.6 is 12.2 Å². The van der Waals surface area contributed by atoms with Crippen LogP contribution in [0, 0.1) is 0 Å². The second kappa shape index (κ2) is 3.62. The fourth-order valence-corrected chi connectivity index (χ4v) is 1.36. The summed E-state index contributed by atoms with van der Waals surface area (Å²) in [5, 5.41) is 0. The Morgan fingerprint density at radius 1 is 1.58 bits per heavy atom. The highest BCUT2D eigenvalue weighted by Crippen LogP contribution is 2.26. The SMILES string of the molecule is NC(=S)CCN1CCC(F)(F)C1. The van der Waals surface area contributed by atoms with Gasteiger partial charge in [0, 0.05) is 25.9 Å². The van der Waals surface area contributed by atoms with E-state index < -0.39 is 5.92 Å². The van der Waals surface area contributed by atoms with E-state index in [2.05, 4.69) is 12.2 Å². The fourth-order valence-electron chi connectivity index (χ4n) is 1.27. The third kappa shape index (κ3) is 2.98. The van der Waals surface area contributed by atoms with Crippen LogP contribution < -0.4 is 5.73 Å². The topological polar surface area (TPSA) is 29.3 Å². The van der Waals surface area contributed by atoms with Crippen LogP contribution in [0.2, 0.25) is 0 Å². The van der Waals surface area contributed by atoms with E-state index in [-0.39, 0.29) is 13.0 Å². The van der Waals surface area contributed by atoms with Crippen molar-refractivity contribution >= 4 is 17.2 Å². The number of nitrogens with zero attached hydrogens (tertiary/aromatic N) is 1. The van der Waals surface area contributed by atoms with E-state index in [1.54, 1.807) is 4.90 Å². The lowest BCUT2D eigenvalue weighted by Crippen LogP contribution is -2.28. The Labute approximate surface area is 75.7 Å². The van der Waals surface area contributed by atoms with Crippen molar-refractivity contribution in [2.24, 2.45) is 5.73 Å². The van der Waals surface area contributed by atoms with E-state index >= 15 is 0 Å². The zero-order valence-electron chi connectivity index (χ0n) is 6.72. The van der Waals surface area contributed by atoms with Crippen molar-refractivity contribution in [3.05, 3.63) is 0 Å². The second-order valence-corrected chi connectivity index (χ2v) is 3.62. The van der Waals surface area contributed by atoms with Gasteiger partial charge < -0.3 is 5.73 Å². The van der Waals surface area contributed by atoms with E-state index in [9.17, 15) is 8.78 Å². The van der Waals surface area contributed by atoms with Crippen molar-refractivity contribution in [3.8, 4) is 0 Å². The number of nitrogens with two attached hydrogens (primary N) is 1. The molecule has 1 aliphatic heterocycles. The summed E-state index contributed by atoms with van der Waals surface area (Å²) in [5.74, 6) is -2.50. The number of rotatable bonds is 3. The van der Waals surface area contributed by atoms with Gasteiger partial charge in [-0.2, -0.15) is 0 Å². The first-order chi connectivity index (χ1) is 5.49. The average molecular weight is 194 g/mol. The van der Waals surface area contributed by atoms with E-state index in [1.807, 2.05) is 0 Å². The maximum atomic E-state index is 12.6. The van der Waals surface area contributed by atoms with E-state index in [4.69, 9.17) is 5.73 Å². The van der Waals surface area contributed by atoms with E-state index in [0.717, 1.165) is 0 Å². The van der Waals surface area contributed by atoms with Gasteiger partial charge in [-0.3, -0.25) is 4.90 Å². The van der Waals surface area contributed by atoms with Gasteiger partial charge >= 0.3 is 0 Å². The zero-order valence-corrected chi connectivity index (χ0v) is 7.54. The third-order valence-corrected chi connectivity index (χ3v) is 2.13. The van der Waals surface area contributed by atoms with Crippen molar-refractivity contribution in [3.63, 3.8) is 0 Å². The first-order valence-electron chi connectivity index (χ1n) is 3.88. The monoisotopic (exact) mass is 194 g/mol. The number of hydrogen-bond acceptors (Lipinski definition) is 2. The van der Waals surface area contributed by atoms with Crippen molar-refractivity contribution < 1.29 is 8.78 Å². The Balaban J connectivity index is 2.24. The molecule has 0 aromatic rings. The second-order valence-electron chi connectivity index (χ2n) is 3.10. The van der Waals surface area contributed by atoms with E-state index in [0.29, 0.717) is 24.5 Å². The Hall–Kier alpha value is -0.290. The molecule has 0 atom stereocenters.